The second kappa shape index (κ2) is 12.8. The Morgan fingerprint density at radius 3 is 2.70 bits per heavy atom. The number of likely N-dealkylation sites (tertiary alicyclic amines) is 1. The van der Waals surface area contributed by atoms with Crippen molar-refractivity contribution in [3.8, 4) is 5.75 Å². The van der Waals surface area contributed by atoms with Crippen LogP contribution in [0.25, 0.3) is 0 Å². The van der Waals surface area contributed by atoms with E-state index in [0.717, 1.165) is 23.4 Å². The molecule has 2 amide bonds. The zero-order valence-electron chi connectivity index (χ0n) is 19.9. The minimum atomic E-state index is -2.88. The lowest BCUT2D eigenvalue weighted by Crippen LogP contribution is -2.38. The average Bonchev–Trinajstić information content (AvgIpc) is 3.41. The Morgan fingerprint density at radius 1 is 1.24 bits per heavy atom. The number of aromatic nitrogens is 2. The van der Waals surface area contributed by atoms with Gasteiger partial charge in [-0.05, 0) is 42.7 Å². The van der Waals surface area contributed by atoms with Gasteiger partial charge in [0.25, 0.3) is 11.8 Å². The molecule has 0 saturated carbocycles. The number of thioether (sulfide) groups is 1. The lowest BCUT2D eigenvalue weighted by molar-refractivity contribution is -0.0498. The molecule has 37 heavy (non-hydrogen) atoms. The van der Waals surface area contributed by atoms with Crippen molar-refractivity contribution in [1.82, 2.24) is 20.2 Å². The number of pyridine rings is 1. The number of hydrogen-bond donors (Lipinski definition) is 1. The highest BCUT2D eigenvalue weighted by atomic mass is 32.2. The number of hydrogen-bond acceptors (Lipinski definition) is 7. The van der Waals surface area contributed by atoms with E-state index in [1.54, 1.807) is 35.9 Å². The first-order valence-corrected chi connectivity index (χ1v) is 13.6. The van der Waals surface area contributed by atoms with Gasteiger partial charge in [-0.25, -0.2) is 9.97 Å². The molecule has 1 aliphatic heterocycles. The fourth-order valence-corrected chi connectivity index (χ4v) is 5.64. The lowest BCUT2D eigenvalue weighted by atomic mass is 9.97. The Kier molecular flexibility index (Phi) is 9.24. The van der Waals surface area contributed by atoms with Crippen LogP contribution in [0.15, 0.2) is 65.7 Å². The van der Waals surface area contributed by atoms with Crippen molar-refractivity contribution in [3.05, 3.63) is 82.5 Å². The molecule has 0 atom stereocenters. The molecule has 4 rings (SSSR count). The summed E-state index contributed by atoms with van der Waals surface area (Å²) in [6.45, 7) is 2.30. The third-order valence-electron chi connectivity index (χ3n) is 5.83. The predicted molar refractivity (Wildman–Crippen MR) is 139 cm³/mol. The molecule has 3 heterocycles. The summed E-state index contributed by atoms with van der Waals surface area (Å²) in [4.78, 5) is 36.4. The number of rotatable bonds is 10. The summed E-state index contributed by atoms with van der Waals surface area (Å²) in [5.41, 5.74) is 1.70. The number of benzene rings is 1. The Morgan fingerprint density at radius 2 is 2.00 bits per heavy atom. The van der Waals surface area contributed by atoms with Crippen LogP contribution in [0.5, 0.6) is 5.75 Å². The maximum absolute atomic E-state index is 13.1. The number of carbonyl (C=O) groups excluding carboxylic acids is 2. The molecule has 1 fully saturated rings. The van der Waals surface area contributed by atoms with Gasteiger partial charge in [0, 0.05) is 42.9 Å². The van der Waals surface area contributed by atoms with E-state index in [-0.39, 0.29) is 30.0 Å². The van der Waals surface area contributed by atoms with Crippen molar-refractivity contribution in [2.75, 3.05) is 18.8 Å². The molecule has 1 saturated heterocycles. The summed E-state index contributed by atoms with van der Waals surface area (Å²) in [5, 5.41) is 6.13. The van der Waals surface area contributed by atoms with E-state index < -0.39 is 6.61 Å². The summed E-state index contributed by atoms with van der Waals surface area (Å²) in [7, 11) is 0. The molecule has 0 bridgehead atoms. The molecule has 1 aliphatic rings. The number of carbonyl (C=O) groups is 2. The molecular formula is C26H26F2N4O3S2. The van der Waals surface area contributed by atoms with Gasteiger partial charge < -0.3 is 15.0 Å². The lowest BCUT2D eigenvalue weighted by Gasteiger charge is -2.31. The van der Waals surface area contributed by atoms with Crippen LogP contribution < -0.4 is 10.1 Å². The van der Waals surface area contributed by atoms with Gasteiger partial charge in [-0.15, -0.1) is 29.7 Å². The normalized spacial score (nSPS) is 14.0. The first-order valence-electron chi connectivity index (χ1n) is 11.7. The van der Waals surface area contributed by atoms with Crippen molar-refractivity contribution in [3.63, 3.8) is 0 Å². The summed E-state index contributed by atoms with van der Waals surface area (Å²) < 4.78 is 28.9. The van der Waals surface area contributed by atoms with Gasteiger partial charge in [-0.1, -0.05) is 18.2 Å². The van der Waals surface area contributed by atoms with Crippen molar-refractivity contribution < 1.29 is 23.1 Å². The maximum Gasteiger partial charge on any atom is 0.387 e. The van der Waals surface area contributed by atoms with Crippen LogP contribution in [-0.4, -0.2) is 52.1 Å². The van der Waals surface area contributed by atoms with Crippen LogP contribution in [0.3, 0.4) is 0 Å². The molecule has 3 aromatic rings. The summed E-state index contributed by atoms with van der Waals surface area (Å²) in [6.07, 6.45) is 5.00. The molecule has 0 radical (unpaired) electrons. The molecule has 194 valence electrons. The first kappa shape index (κ1) is 26.7. The number of ether oxygens (including phenoxy) is 1. The fourth-order valence-electron chi connectivity index (χ4n) is 3.95. The molecule has 7 nitrogen and oxygen atoms in total. The number of amides is 2. The second-order valence-electron chi connectivity index (χ2n) is 8.30. The van der Waals surface area contributed by atoms with Gasteiger partial charge in [-0.2, -0.15) is 8.78 Å². The Bertz CT molecular complexity index is 1230. The van der Waals surface area contributed by atoms with Crippen LogP contribution >= 0.6 is 23.1 Å². The summed E-state index contributed by atoms with van der Waals surface area (Å²) in [5.74, 6) is 0.605. The Hall–Kier alpha value is -3.31. The van der Waals surface area contributed by atoms with Gasteiger partial charge >= 0.3 is 6.61 Å². The molecule has 2 aromatic heterocycles. The van der Waals surface area contributed by atoms with Crippen LogP contribution in [0, 0.1) is 0 Å². The van der Waals surface area contributed by atoms with E-state index in [1.807, 2.05) is 11.0 Å². The number of nitrogens with one attached hydrogen (secondary N) is 1. The average molecular weight is 545 g/mol. The number of alkyl halides is 2. The molecule has 1 aromatic carbocycles. The quantitative estimate of drug-likeness (QED) is 0.273. The fraction of sp³-hybridized carbons (Fsp3) is 0.308. The molecule has 0 unspecified atom stereocenters. The molecular weight excluding hydrogens is 518 g/mol. The van der Waals surface area contributed by atoms with E-state index in [1.165, 1.54) is 35.2 Å². The molecule has 0 aliphatic carbocycles. The van der Waals surface area contributed by atoms with Crippen LogP contribution in [0.2, 0.25) is 0 Å². The van der Waals surface area contributed by atoms with E-state index in [2.05, 4.69) is 26.6 Å². The van der Waals surface area contributed by atoms with E-state index in [0.29, 0.717) is 35.1 Å². The molecule has 0 spiro atoms. The topological polar surface area (TPSA) is 84.4 Å². The smallest absolute Gasteiger partial charge is 0.387 e. The Labute approximate surface area is 222 Å². The number of halogens is 2. The highest BCUT2D eigenvalue weighted by Gasteiger charge is 2.28. The third kappa shape index (κ3) is 7.14. The Balaban J connectivity index is 1.29. The highest BCUT2D eigenvalue weighted by Crippen LogP contribution is 2.31. The third-order valence-corrected chi connectivity index (χ3v) is 7.84. The van der Waals surface area contributed by atoms with Crippen LogP contribution in [0.1, 0.15) is 50.2 Å². The first-order chi connectivity index (χ1) is 17.9. The van der Waals surface area contributed by atoms with Gasteiger partial charge in [0.2, 0.25) is 0 Å². The van der Waals surface area contributed by atoms with E-state index >= 15 is 0 Å². The number of thiazole rings is 1. The largest absolute Gasteiger partial charge is 0.435 e. The summed E-state index contributed by atoms with van der Waals surface area (Å²) in [6, 6.07) is 9.68. The second-order valence-corrected chi connectivity index (χ2v) is 10.2. The zero-order chi connectivity index (χ0) is 26.2. The van der Waals surface area contributed by atoms with Crippen molar-refractivity contribution in [1.29, 1.82) is 0 Å². The van der Waals surface area contributed by atoms with Crippen molar-refractivity contribution in [2.24, 2.45) is 0 Å². The molecule has 11 heteroatoms. The highest BCUT2D eigenvalue weighted by molar-refractivity contribution is 7.99. The van der Waals surface area contributed by atoms with Crippen molar-refractivity contribution in [2.45, 2.75) is 36.9 Å². The SMILES string of the molecule is C=CCSc1ncccc1C(=O)N1CCC(c2nc(C(=O)NCc3ccc(OC(F)F)cc3)cs2)CC1. The van der Waals surface area contributed by atoms with E-state index in [4.69, 9.17) is 0 Å². The van der Waals surface area contributed by atoms with E-state index in [9.17, 15) is 18.4 Å². The number of piperidine rings is 1. The summed E-state index contributed by atoms with van der Waals surface area (Å²) >= 11 is 2.94. The minimum Gasteiger partial charge on any atom is -0.435 e. The zero-order valence-corrected chi connectivity index (χ0v) is 21.6. The standard InChI is InChI=1S/C26H26F2N4O3S2/c1-2-14-36-24-20(4-3-11-29-24)25(34)32-12-9-18(10-13-32)23-31-21(16-37-23)22(33)30-15-17-5-7-19(8-6-17)35-26(27)28/h2-8,11,16,18,26H,1,9-10,12-15H2,(H,30,33). The van der Waals surface area contributed by atoms with Gasteiger partial charge in [0.05, 0.1) is 10.6 Å². The monoisotopic (exact) mass is 544 g/mol. The van der Waals surface area contributed by atoms with Gasteiger partial charge in [0.1, 0.15) is 16.5 Å². The van der Waals surface area contributed by atoms with Crippen molar-refractivity contribution >= 4 is 34.9 Å². The molecule has 1 N–H and O–H groups in total. The van der Waals surface area contributed by atoms with Crippen LogP contribution in [-0.2, 0) is 6.54 Å². The maximum atomic E-state index is 13.1. The predicted octanol–water partition coefficient (Wildman–Crippen LogP) is 5.37. The number of nitrogens with zero attached hydrogens (tertiary/aromatic N) is 3. The van der Waals surface area contributed by atoms with Gasteiger partial charge in [0.15, 0.2) is 0 Å². The minimum absolute atomic E-state index is 0.0221. The van der Waals surface area contributed by atoms with Crippen LogP contribution in [0.4, 0.5) is 8.78 Å². The van der Waals surface area contributed by atoms with Gasteiger partial charge in [-0.3, -0.25) is 9.59 Å².